The van der Waals surface area contributed by atoms with Crippen LogP contribution in [0.15, 0.2) is 61.2 Å². The molecule has 1 amide bonds. The highest BCUT2D eigenvalue weighted by Crippen LogP contribution is 2.24. The van der Waals surface area contributed by atoms with Crippen LogP contribution in [0.3, 0.4) is 0 Å². The number of hydrogen-bond acceptors (Lipinski definition) is 6. The van der Waals surface area contributed by atoms with Gasteiger partial charge in [-0.25, -0.2) is 4.98 Å². The van der Waals surface area contributed by atoms with Crippen molar-refractivity contribution < 1.29 is 9.21 Å². The zero-order chi connectivity index (χ0) is 17.6. The number of anilines is 1. The van der Waals surface area contributed by atoms with Crippen LogP contribution >= 0.6 is 43.6 Å². The summed E-state index contributed by atoms with van der Waals surface area (Å²) in [5, 5.41) is 11.0. The standard InChI is InChI=1S/C16H12Br2N4O2S/c17-11-7-12(18)15(19-8-11)20-13(23)9-25-16-22-21-14(24-16)6-10-4-2-1-3-5-10/h1-5,7-8H,6,9H2,(H,19,20,23). The van der Waals surface area contributed by atoms with Crippen LogP contribution < -0.4 is 5.32 Å². The molecule has 0 atom stereocenters. The minimum Gasteiger partial charge on any atom is -0.416 e. The summed E-state index contributed by atoms with van der Waals surface area (Å²) in [6.07, 6.45) is 2.18. The number of pyridine rings is 1. The fraction of sp³-hybridized carbons (Fsp3) is 0.125. The van der Waals surface area contributed by atoms with Gasteiger partial charge in [0, 0.05) is 10.7 Å². The van der Waals surface area contributed by atoms with Crippen molar-refractivity contribution in [1.82, 2.24) is 15.2 Å². The Morgan fingerprint density at radius 2 is 2.00 bits per heavy atom. The highest BCUT2D eigenvalue weighted by molar-refractivity contribution is 9.11. The SMILES string of the molecule is O=C(CSc1nnc(Cc2ccccc2)o1)Nc1ncc(Br)cc1Br. The van der Waals surface area contributed by atoms with E-state index in [-0.39, 0.29) is 11.7 Å². The van der Waals surface area contributed by atoms with Gasteiger partial charge in [-0.2, -0.15) is 0 Å². The lowest BCUT2D eigenvalue weighted by atomic mass is 10.2. The molecule has 2 heterocycles. The number of rotatable bonds is 6. The summed E-state index contributed by atoms with van der Waals surface area (Å²) < 4.78 is 7.08. The molecule has 0 saturated carbocycles. The third kappa shape index (κ3) is 5.38. The Labute approximate surface area is 165 Å². The fourth-order valence-corrected chi connectivity index (χ4v) is 3.61. The predicted molar refractivity (Wildman–Crippen MR) is 103 cm³/mol. The Kier molecular flexibility index (Phi) is 6.22. The largest absolute Gasteiger partial charge is 0.416 e. The number of benzene rings is 1. The molecule has 128 valence electrons. The number of thioether (sulfide) groups is 1. The molecule has 0 spiro atoms. The van der Waals surface area contributed by atoms with Crippen molar-refractivity contribution in [3.63, 3.8) is 0 Å². The monoisotopic (exact) mass is 482 g/mol. The molecular weight excluding hydrogens is 472 g/mol. The van der Waals surface area contributed by atoms with E-state index >= 15 is 0 Å². The van der Waals surface area contributed by atoms with Crippen LogP contribution in [0.1, 0.15) is 11.5 Å². The number of nitrogens with zero attached hydrogens (tertiary/aromatic N) is 3. The molecule has 6 nitrogen and oxygen atoms in total. The number of amides is 1. The van der Waals surface area contributed by atoms with Crippen LogP contribution in [0.25, 0.3) is 0 Å². The van der Waals surface area contributed by atoms with Crippen molar-refractivity contribution in [3.8, 4) is 0 Å². The van der Waals surface area contributed by atoms with E-state index in [0.717, 1.165) is 10.0 Å². The smallest absolute Gasteiger partial charge is 0.277 e. The van der Waals surface area contributed by atoms with E-state index in [4.69, 9.17) is 4.42 Å². The minimum atomic E-state index is -0.205. The Hall–Kier alpha value is -1.71. The van der Waals surface area contributed by atoms with Gasteiger partial charge in [0.2, 0.25) is 11.8 Å². The predicted octanol–water partition coefficient (Wildman–Crippen LogP) is 4.31. The maximum absolute atomic E-state index is 12.0. The first-order valence-electron chi connectivity index (χ1n) is 7.20. The summed E-state index contributed by atoms with van der Waals surface area (Å²) in [6, 6.07) is 11.7. The van der Waals surface area contributed by atoms with Gasteiger partial charge in [-0.1, -0.05) is 42.1 Å². The molecule has 0 bridgehead atoms. The molecule has 25 heavy (non-hydrogen) atoms. The number of nitrogens with one attached hydrogen (secondary N) is 1. The lowest BCUT2D eigenvalue weighted by Crippen LogP contribution is -2.15. The molecule has 1 aromatic carbocycles. The van der Waals surface area contributed by atoms with Crippen LogP contribution in [0.4, 0.5) is 5.82 Å². The summed E-state index contributed by atoms with van der Waals surface area (Å²) in [4.78, 5) is 16.2. The third-order valence-electron chi connectivity index (χ3n) is 3.04. The van der Waals surface area contributed by atoms with Crippen LogP contribution in [0.2, 0.25) is 0 Å². The number of aromatic nitrogens is 3. The van der Waals surface area contributed by atoms with Crippen molar-refractivity contribution in [2.45, 2.75) is 11.6 Å². The Balaban J connectivity index is 1.52. The van der Waals surface area contributed by atoms with Gasteiger partial charge in [0.05, 0.1) is 16.6 Å². The highest BCUT2D eigenvalue weighted by Gasteiger charge is 2.12. The van der Waals surface area contributed by atoms with Gasteiger partial charge in [0.1, 0.15) is 5.82 Å². The molecule has 0 radical (unpaired) electrons. The first-order chi connectivity index (χ1) is 12.1. The molecule has 3 rings (SSSR count). The number of halogens is 2. The maximum Gasteiger partial charge on any atom is 0.277 e. The van der Waals surface area contributed by atoms with Gasteiger partial charge >= 0.3 is 0 Å². The first-order valence-corrected chi connectivity index (χ1v) is 9.77. The molecule has 0 aliphatic rings. The van der Waals surface area contributed by atoms with Gasteiger partial charge in [-0.3, -0.25) is 4.79 Å². The Bertz CT molecular complexity index is 874. The molecule has 0 aliphatic carbocycles. The second kappa shape index (κ2) is 8.59. The van der Waals surface area contributed by atoms with Crippen molar-refractivity contribution in [1.29, 1.82) is 0 Å². The normalized spacial score (nSPS) is 10.6. The Morgan fingerprint density at radius 1 is 1.20 bits per heavy atom. The molecule has 0 fully saturated rings. The molecular formula is C16H12Br2N4O2S. The van der Waals surface area contributed by atoms with Crippen LogP contribution in [0.5, 0.6) is 0 Å². The van der Waals surface area contributed by atoms with E-state index in [0.29, 0.717) is 27.8 Å². The summed E-state index contributed by atoms with van der Waals surface area (Å²) >= 11 is 7.85. The number of carbonyl (C=O) groups is 1. The zero-order valence-corrected chi connectivity index (χ0v) is 16.8. The summed E-state index contributed by atoms with van der Waals surface area (Å²) in [5.74, 6) is 0.927. The molecule has 2 aromatic heterocycles. The molecule has 3 aromatic rings. The van der Waals surface area contributed by atoms with E-state index in [9.17, 15) is 4.79 Å². The molecule has 1 N–H and O–H groups in total. The Morgan fingerprint density at radius 3 is 2.76 bits per heavy atom. The topological polar surface area (TPSA) is 80.9 Å². The molecule has 0 unspecified atom stereocenters. The van der Waals surface area contributed by atoms with E-state index in [2.05, 4.69) is 52.4 Å². The second-order valence-electron chi connectivity index (χ2n) is 4.94. The lowest BCUT2D eigenvalue weighted by molar-refractivity contribution is -0.113. The van der Waals surface area contributed by atoms with E-state index in [1.165, 1.54) is 11.8 Å². The van der Waals surface area contributed by atoms with E-state index in [1.54, 1.807) is 6.20 Å². The van der Waals surface area contributed by atoms with E-state index < -0.39 is 0 Å². The van der Waals surface area contributed by atoms with Gasteiger partial charge in [0.15, 0.2) is 0 Å². The van der Waals surface area contributed by atoms with Gasteiger partial charge in [-0.15, -0.1) is 10.2 Å². The van der Waals surface area contributed by atoms with Crippen LogP contribution in [-0.2, 0) is 11.2 Å². The molecule has 0 aliphatic heterocycles. The van der Waals surface area contributed by atoms with Crippen LogP contribution in [0, 0.1) is 0 Å². The van der Waals surface area contributed by atoms with Gasteiger partial charge in [0.25, 0.3) is 5.22 Å². The van der Waals surface area contributed by atoms with Crippen molar-refractivity contribution in [2.75, 3.05) is 11.1 Å². The third-order valence-corrected chi connectivity index (χ3v) is 4.90. The quantitative estimate of drug-likeness (QED) is 0.526. The first kappa shape index (κ1) is 18.1. The van der Waals surface area contributed by atoms with Crippen molar-refractivity contribution in [2.24, 2.45) is 0 Å². The number of hydrogen-bond donors (Lipinski definition) is 1. The summed E-state index contributed by atoms with van der Waals surface area (Å²) in [5.41, 5.74) is 1.09. The number of carbonyl (C=O) groups excluding carboxylic acids is 1. The van der Waals surface area contributed by atoms with Crippen molar-refractivity contribution >= 4 is 55.3 Å². The fourth-order valence-electron chi connectivity index (χ4n) is 1.94. The highest BCUT2D eigenvalue weighted by atomic mass is 79.9. The second-order valence-corrected chi connectivity index (χ2v) is 7.64. The average molecular weight is 484 g/mol. The van der Waals surface area contributed by atoms with E-state index in [1.807, 2.05) is 36.4 Å². The zero-order valence-electron chi connectivity index (χ0n) is 12.8. The van der Waals surface area contributed by atoms with Crippen molar-refractivity contribution in [3.05, 3.63) is 63.0 Å². The summed E-state index contributed by atoms with van der Waals surface area (Å²) in [6.45, 7) is 0. The van der Waals surface area contributed by atoms with Gasteiger partial charge in [-0.05, 0) is 43.5 Å². The molecule has 9 heteroatoms. The average Bonchev–Trinajstić information content (AvgIpc) is 3.04. The van der Waals surface area contributed by atoms with Gasteiger partial charge < -0.3 is 9.73 Å². The minimum absolute atomic E-state index is 0.150. The molecule has 0 saturated heterocycles. The maximum atomic E-state index is 12.0. The summed E-state index contributed by atoms with van der Waals surface area (Å²) in [7, 11) is 0. The van der Waals surface area contributed by atoms with Crippen LogP contribution in [-0.4, -0.2) is 26.8 Å². The lowest BCUT2D eigenvalue weighted by Gasteiger charge is -2.05.